The number of phenolic OH excluding ortho intramolecular Hbond substituents is 1. The second kappa shape index (κ2) is 7.87. The van der Waals surface area contributed by atoms with E-state index >= 15 is 0 Å². The van der Waals surface area contributed by atoms with Gasteiger partial charge < -0.3 is 14.6 Å². The topological polar surface area (TPSA) is 38.7 Å². The van der Waals surface area contributed by atoms with Gasteiger partial charge in [0, 0.05) is 12.1 Å². The van der Waals surface area contributed by atoms with Gasteiger partial charge in [-0.3, -0.25) is 0 Å². The molecule has 0 aliphatic heterocycles. The molecule has 3 nitrogen and oxygen atoms in total. The van der Waals surface area contributed by atoms with Crippen LogP contribution in [0.3, 0.4) is 0 Å². The summed E-state index contributed by atoms with van der Waals surface area (Å²) >= 11 is 18.3. The summed E-state index contributed by atoms with van der Waals surface area (Å²) in [6, 6.07) is 17.4. The smallest absolute Gasteiger partial charge is 0.157 e. The van der Waals surface area contributed by atoms with Crippen LogP contribution in [-0.4, -0.2) is 5.11 Å². The number of benzene rings is 3. The van der Waals surface area contributed by atoms with Crippen molar-refractivity contribution in [3.05, 3.63) is 81.3 Å². The van der Waals surface area contributed by atoms with Gasteiger partial charge in [0.2, 0.25) is 0 Å². The Hall–Kier alpha value is -2.07. The van der Waals surface area contributed by atoms with Crippen molar-refractivity contribution in [2.45, 2.75) is 6.61 Å². The lowest BCUT2D eigenvalue weighted by atomic mass is 10.2. The summed E-state index contributed by atoms with van der Waals surface area (Å²) in [7, 11) is 0. The van der Waals surface area contributed by atoms with Crippen molar-refractivity contribution in [3.63, 3.8) is 0 Å². The molecule has 0 fully saturated rings. The third kappa shape index (κ3) is 4.51. The average molecular weight is 396 g/mol. The molecule has 0 spiro atoms. The van der Waals surface area contributed by atoms with Crippen molar-refractivity contribution < 1.29 is 14.6 Å². The second-order valence-corrected chi connectivity index (χ2v) is 6.43. The number of rotatable bonds is 5. The molecule has 0 aliphatic carbocycles. The molecule has 0 unspecified atom stereocenters. The average Bonchev–Trinajstić information content (AvgIpc) is 2.57. The Bertz CT molecular complexity index is 859. The summed E-state index contributed by atoms with van der Waals surface area (Å²) < 4.78 is 11.5. The third-order valence-electron chi connectivity index (χ3n) is 3.33. The lowest BCUT2D eigenvalue weighted by Crippen LogP contribution is -1.97. The molecule has 25 heavy (non-hydrogen) atoms. The Kier molecular flexibility index (Phi) is 5.59. The molecule has 128 valence electrons. The van der Waals surface area contributed by atoms with Crippen molar-refractivity contribution in [2.75, 3.05) is 0 Å². The van der Waals surface area contributed by atoms with Gasteiger partial charge in [-0.25, -0.2) is 0 Å². The molecule has 6 heteroatoms. The summed E-state index contributed by atoms with van der Waals surface area (Å²) in [6.07, 6.45) is 0. The summed E-state index contributed by atoms with van der Waals surface area (Å²) in [6.45, 7) is 0.215. The van der Waals surface area contributed by atoms with Crippen molar-refractivity contribution in [1.29, 1.82) is 0 Å². The van der Waals surface area contributed by atoms with E-state index in [0.717, 1.165) is 5.56 Å². The predicted molar refractivity (Wildman–Crippen MR) is 100 cm³/mol. The predicted octanol–water partition coefficient (Wildman–Crippen LogP) is 6.72. The van der Waals surface area contributed by atoms with Gasteiger partial charge in [0.05, 0.1) is 15.1 Å². The van der Waals surface area contributed by atoms with Crippen LogP contribution in [0.5, 0.6) is 23.0 Å². The fraction of sp³-hybridized carbons (Fsp3) is 0.0526. The molecular weight excluding hydrogens is 383 g/mol. The number of para-hydroxylation sites is 1. The van der Waals surface area contributed by atoms with E-state index in [9.17, 15) is 5.11 Å². The highest BCUT2D eigenvalue weighted by Gasteiger charge is 2.11. The molecule has 0 saturated carbocycles. The minimum Gasteiger partial charge on any atom is -0.508 e. The molecule has 0 amide bonds. The van der Waals surface area contributed by atoms with Gasteiger partial charge in [0.1, 0.15) is 23.9 Å². The molecular formula is C19H13Cl3O3. The normalized spacial score (nSPS) is 10.5. The molecule has 0 aliphatic rings. The van der Waals surface area contributed by atoms with Gasteiger partial charge in [-0.05, 0) is 29.8 Å². The van der Waals surface area contributed by atoms with E-state index in [1.54, 1.807) is 12.1 Å². The Morgan fingerprint density at radius 1 is 0.800 bits per heavy atom. The number of phenols is 1. The number of ether oxygens (including phenoxy) is 2. The number of hydrogen-bond acceptors (Lipinski definition) is 3. The van der Waals surface area contributed by atoms with E-state index in [1.165, 1.54) is 12.1 Å². The van der Waals surface area contributed by atoms with Gasteiger partial charge in [-0.1, -0.05) is 59.1 Å². The molecule has 0 aromatic heterocycles. The van der Waals surface area contributed by atoms with Crippen LogP contribution in [0.2, 0.25) is 15.1 Å². The zero-order valence-electron chi connectivity index (χ0n) is 12.9. The standard InChI is InChI=1S/C19H13Cl3O3/c20-15-7-6-12(8-18(15)25-14-4-2-1-3-5-14)11-24-19-16(21)9-13(23)10-17(19)22/h1-10,23H,11H2. The summed E-state index contributed by atoms with van der Waals surface area (Å²) in [4.78, 5) is 0. The fourth-order valence-corrected chi connectivity index (χ4v) is 2.91. The van der Waals surface area contributed by atoms with E-state index in [0.29, 0.717) is 22.3 Å². The summed E-state index contributed by atoms with van der Waals surface area (Å²) in [5, 5.41) is 10.4. The molecule has 0 heterocycles. The number of aromatic hydroxyl groups is 1. The maximum Gasteiger partial charge on any atom is 0.157 e. The SMILES string of the molecule is Oc1cc(Cl)c(OCc2ccc(Cl)c(Oc3ccccc3)c2)c(Cl)c1. The lowest BCUT2D eigenvalue weighted by molar-refractivity contribution is 0.305. The highest BCUT2D eigenvalue weighted by atomic mass is 35.5. The van der Waals surface area contributed by atoms with Gasteiger partial charge in [-0.2, -0.15) is 0 Å². The van der Waals surface area contributed by atoms with Crippen LogP contribution in [0.4, 0.5) is 0 Å². The van der Waals surface area contributed by atoms with Crippen LogP contribution in [0.25, 0.3) is 0 Å². The zero-order valence-corrected chi connectivity index (χ0v) is 15.1. The maximum atomic E-state index is 9.46. The van der Waals surface area contributed by atoms with E-state index in [4.69, 9.17) is 44.3 Å². The van der Waals surface area contributed by atoms with E-state index < -0.39 is 0 Å². The van der Waals surface area contributed by atoms with Crippen molar-refractivity contribution in [2.24, 2.45) is 0 Å². The molecule has 0 radical (unpaired) electrons. The number of halogens is 3. The molecule has 0 atom stereocenters. The van der Waals surface area contributed by atoms with Crippen molar-refractivity contribution in [1.82, 2.24) is 0 Å². The van der Waals surface area contributed by atoms with Crippen LogP contribution in [0.1, 0.15) is 5.56 Å². The van der Waals surface area contributed by atoms with Crippen LogP contribution >= 0.6 is 34.8 Å². The second-order valence-electron chi connectivity index (χ2n) is 5.21. The Labute approximate surface area is 160 Å². The molecule has 3 aromatic carbocycles. The first-order valence-corrected chi connectivity index (χ1v) is 8.48. The highest BCUT2D eigenvalue weighted by Crippen LogP contribution is 2.37. The van der Waals surface area contributed by atoms with Crippen LogP contribution < -0.4 is 9.47 Å². The summed E-state index contributed by atoms with van der Waals surface area (Å²) in [5.74, 6) is 1.50. The van der Waals surface area contributed by atoms with Gasteiger partial charge >= 0.3 is 0 Å². The first-order chi connectivity index (χ1) is 12.0. The Morgan fingerprint density at radius 3 is 2.16 bits per heavy atom. The van der Waals surface area contributed by atoms with Gasteiger partial charge in [-0.15, -0.1) is 0 Å². The molecule has 1 N–H and O–H groups in total. The minimum atomic E-state index is -0.0209. The molecule has 0 saturated heterocycles. The molecule has 3 aromatic rings. The Morgan fingerprint density at radius 2 is 1.48 bits per heavy atom. The monoisotopic (exact) mass is 394 g/mol. The van der Waals surface area contributed by atoms with E-state index in [-0.39, 0.29) is 22.4 Å². The highest BCUT2D eigenvalue weighted by molar-refractivity contribution is 6.37. The van der Waals surface area contributed by atoms with Crippen molar-refractivity contribution >= 4 is 34.8 Å². The van der Waals surface area contributed by atoms with E-state index in [1.807, 2.05) is 36.4 Å². The zero-order chi connectivity index (χ0) is 17.8. The van der Waals surface area contributed by atoms with E-state index in [2.05, 4.69) is 0 Å². The largest absolute Gasteiger partial charge is 0.508 e. The van der Waals surface area contributed by atoms with Crippen LogP contribution in [0.15, 0.2) is 60.7 Å². The van der Waals surface area contributed by atoms with Crippen molar-refractivity contribution in [3.8, 4) is 23.0 Å². The van der Waals surface area contributed by atoms with Gasteiger partial charge in [0.25, 0.3) is 0 Å². The lowest BCUT2D eigenvalue weighted by Gasteiger charge is -2.12. The number of hydrogen-bond donors (Lipinski definition) is 1. The third-order valence-corrected chi connectivity index (χ3v) is 4.21. The first kappa shape index (κ1) is 17.7. The molecule has 3 rings (SSSR count). The summed E-state index contributed by atoms with van der Waals surface area (Å²) in [5.41, 5.74) is 0.829. The van der Waals surface area contributed by atoms with Gasteiger partial charge in [0.15, 0.2) is 5.75 Å². The maximum absolute atomic E-state index is 9.46. The van der Waals surface area contributed by atoms with Crippen LogP contribution in [-0.2, 0) is 6.61 Å². The van der Waals surface area contributed by atoms with Crippen LogP contribution in [0, 0.1) is 0 Å². The molecule has 0 bridgehead atoms. The minimum absolute atomic E-state index is 0.0209. The quantitative estimate of drug-likeness (QED) is 0.521. The fourth-order valence-electron chi connectivity index (χ4n) is 2.17. The Balaban J connectivity index is 1.77. The first-order valence-electron chi connectivity index (χ1n) is 7.35.